The molecular formula is C12H23NO2. The van der Waals surface area contributed by atoms with Gasteiger partial charge in [-0.25, -0.2) is 0 Å². The van der Waals surface area contributed by atoms with E-state index >= 15 is 0 Å². The average molecular weight is 213 g/mol. The molecule has 1 rings (SSSR count). The van der Waals surface area contributed by atoms with E-state index in [1.807, 2.05) is 4.90 Å². The van der Waals surface area contributed by atoms with Crippen LogP contribution in [0.5, 0.6) is 0 Å². The average Bonchev–Trinajstić information content (AvgIpc) is 2.63. The van der Waals surface area contributed by atoms with E-state index in [0.717, 1.165) is 25.8 Å². The molecule has 0 saturated carbocycles. The topological polar surface area (TPSA) is 29.5 Å². The molecule has 15 heavy (non-hydrogen) atoms. The third-order valence-corrected chi connectivity index (χ3v) is 3.28. The number of amides is 1. The smallest absolute Gasteiger partial charge is 0.221 e. The molecule has 1 aliphatic rings. The van der Waals surface area contributed by atoms with Crippen molar-refractivity contribution in [2.24, 2.45) is 0 Å². The van der Waals surface area contributed by atoms with Gasteiger partial charge in [-0.3, -0.25) is 4.79 Å². The zero-order valence-corrected chi connectivity index (χ0v) is 10.2. The second-order valence-electron chi connectivity index (χ2n) is 4.28. The van der Waals surface area contributed by atoms with Crippen LogP contribution in [0.15, 0.2) is 0 Å². The van der Waals surface area contributed by atoms with Gasteiger partial charge in [0.25, 0.3) is 0 Å². The van der Waals surface area contributed by atoms with Crippen molar-refractivity contribution in [3.8, 4) is 0 Å². The molecule has 88 valence electrons. The lowest BCUT2D eigenvalue weighted by atomic mass is 10.0. The molecule has 1 atom stereocenters. The minimum atomic E-state index is -0.291. The fourth-order valence-electron chi connectivity index (χ4n) is 2.38. The molecule has 1 unspecified atom stereocenters. The van der Waals surface area contributed by atoms with Gasteiger partial charge < -0.3 is 9.64 Å². The molecule has 0 N–H and O–H groups in total. The first-order valence-corrected chi connectivity index (χ1v) is 6.08. The Bertz CT molecular complexity index is 218. The van der Waals surface area contributed by atoms with Gasteiger partial charge in [0.15, 0.2) is 0 Å². The van der Waals surface area contributed by atoms with Crippen LogP contribution in [0.25, 0.3) is 0 Å². The van der Waals surface area contributed by atoms with E-state index in [9.17, 15) is 4.79 Å². The fourth-order valence-corrected chi connectivity index (χ4v) is 2.38. The van der Waals surface area contributed by atoms with Crippen LogP contribution in [-0.2, 0) is 9.53 Å². The number of unbranched alkanes of at least 4 members (excludes halogenated alkanes) is 2. The second-order valence-corrected chi connectivity index (χ2v) is 4.28. The fraction of sp³-hybridized carbons (Fsp3) is 0.917. The Morgan fingerprint density at radius 1 is 1.40 bits per heavy atom. The van der Waals surface area contributed by atoms with Gasteiger partial charge in [-0.15, -0.1) is 0 Å². The Morgan fingerprint density at radius 3 is 2.67 bits per heavy atom. The maximum absolute atomic E-state index is 11.5. The maximum Gasteiger partial charge on any atom is 0.221 e. The minimum absolute atomic E-state index is 0.144. The largest absolute Gasteiger partial charge is 0.354 e. The summed E-state index contributed by atoms with van der Waals surface area (Å²) in [6.45, 7) is 7.39. The lowest BCUT2D eigenvalue weighted by Gasteiger charge is -2.36. The molecule has 1 saturated heterocycles. The molecule has 0 aliphatic carbocycles. The molecule has 1 heterocycles. The van der Waals surface area contributed by atoms with Crippen molar-refractivity contribution in [1.82, 2.24) is 4.90 Å². The standard InChI is InChI=1S/C12H23NO2/c1-4-6-7-8-12(5-2)13(11(3)14)9-10-15-12/h4-10H2,1-3H3. The highest BCUT2D eigenvalue weighted by molar-refractivity contribution is 5.74. The van der Waals surface area contributed by atoms with Crippen LogP contribution >= 0.6 is 0 Å². The summed E-state index contributed by atoms with van der Waals surface area (Å²) >= 11 is 0. The first-order chi connectivity index (χ1) is 7.16. The number of hydrogen-bond acceptors (Lipinski definition) is 2. The molecule has 0 radical (unpaired) electrons. The van der Waals surface area contributed by atoms with Crippen LogP contribution < -0.4 is 0 Å². The van der Waals surface area contributed by atoms with Crippen LogP contribution in [-0.4, -0.2) is 29.7 Å². The third-order valence-electron chi connectivity index (χ3n) is 3.28. The van der Waals surface area contributed by atoms with Crippen LogP contribution in [0.3, 0.4) is 0 Å². The number of carbonyl (C=O) groups is 1. The summed E-state index contributed by atoms with van der Waals surface area (Å²) in [6, 6.07) is 0. The highest BCUT2D eigenvalue weighted by Crippen LogP contribution is 2.32. The molecule has 1 aliphatic heterocycles. The zero-order chi connectivity index (χ0) is 11.3. The van der Waals surface area contributed by atoms with Crippen LogP contribution in [0, 0.1) is 0 Å². The van der Waals surface area contributed by atoms with Crippen molar-refractivity contribution >= 4 is 5.91 Å². The first-order valence-electron chi connectivity index (χ1n) is 6.08. The number of ether oxygens (including phenoxy) is 1. The third kappa shape index (κ3) is 2.71. The van der Waals surface area contributed by atoms with Gasteiger partial charge in [-0.1, -0.05) is 26.7 Å². The SMILES string of the molecule is CCCCCC1(CC)OCCN1C(C)=O. The van der Waals surface area contributed by atoms with Crippen molar-refractivity contribution in [1.29, 1.82) is 0 Å². The van der Waals surface area contributed by atoms with Crippen molar-refractivity contribution in [3.63, 3.8) is 0 Å². The maximum atomic E-state index is 11.5. The number of hydrogen-bond donors (Lipinski definition) is 0. The molecule has 0 spiro atoms. The Balaban J connectivity index is 2.60. The van der Waals surface area contributed by atoms with E-state index < -0.39 is 0 Å². The molecule has 1 fully saturated rings. The number of rotatable bonds is 5. The summed E-state index contributed by atoms with van der Waals surface area (Å²) in [7, 11) is 0. The van der Waals surface area contributed by atoms with Gasteiger partial charge in [0, 0.05) is 13.5 Å². The van der Waals surface area contributed by atoms with Gasteiger partial charge in [0.2, 0.25) is 5.91 Å². The molecule has 0 aromatic rings. The number of nitrogens with zero attached hydrogens (tertiary/aromatic N) is 1. The normalized spacial score (nSPS) is 25.9. The molecule has 1 amide bonds. The molecule has 0 aromatic carbocycles. The monoisotopic (exact) mass is 213 g/mol. The van der Waals surface area contributed by atoms with E-state index in [4.69, 9.17) is 4.74 Å². The zero-order valence-electron chi connectivity index (χ0n) is 10.2. The van der Waals surface area contributed by atoms with Crippen LogP contribution in [0.1, 0.15) is 52.9 Å². The van der Waals surface area contributed by atoms with E-state index in [0.29, 0.717) is 6.61 Å². The minimum Gasteiger partial charge on any atom is -0.354 e. The molecule has 0 bridgehead atoms. The summed E-state index contributed by atoms with van der Waals surface area (Å²) in [6.07, 6.45) is 5.46. The van der Waals surface area contributed by atoms with Gasteiger partial charge in [-0.05, 0) is 19.3 Å². The van der Waals surface area contributed by atoms with Gasteiger partial charge in [-0.2, -0.15) is 0 Å². The van der Waals surface area contributed by atoms with Crippen molar-refractivity contribution in [3.05, 3.63) is 0 Å². The van der Waals surface area contributed by atoms with E-state index in [-0.39, 0.29) is 11.6 Å². The van der Waals surface area contributed by atoms with Gasteiger partial charge in [0.1, 0.15) is 5.72 Å². The predicted octanol–water partition coefficient (Wildman–Crippen LogP) is 2.55. The second kappa shape index (κ2) is 5.50. The first kappa shape index (κ1) is 12.5. The van der Waals surface area contributed by atoms with Crippen molar-refractivity contribution < 1.29 is 9.53 Å². The Kier molecular flexibility index (Phi) is 4.58. The summed E-state index contributed by atoms with van der Waals surface area (Å²) in [4.78, 5) is 13.4. The molecule has 3 heteroatoms. The highest BCUT2D eigenvalue weighted by atomic mass is 16.5. The highest BCUT2D eigenvalue weighted by Gasteiger charge is 2.41. The van der Waals surface area contributed by atoms with E-state index in [1.54, 1.807) is 6.92 Å². The Hall–Kier alpha value is -0.570. The van der Waals surface area contributed by atoms with Crippen molar-refractivity contribution in [2.45, 2.75) is 58.6 Å². The van der Waals surface area contributed by atoms with Gasteiger partial charge >= 0.3 is 0 Å². The summed E-state index contributed by atoms with van der Waals surface area (Å²) < 4.78 is 5.82. The molecular weight excluding hydrogens is 190 g/mol. The van der Waals surface area contributed by atoms with E-state index in [1.165, 1.54) is 12.8 Å². The summed E-state index contributed by atoms with van der Waals surface area (Å²) in [5.41, 5.74) is -0.291. The van der Waals surface area contributed by atoms with Crippen LogP contribution in [0.2, 0.25) is 0 Å². The quantitative estimate of drug-likeness (QED) is 0.657. The van der Waals surface area contributed by atoms with Crippen LogP contribution in [0.4, 0.5) is 0 Å². The van der Waals surface area contributed by atoms with Crippen molar-refractivity contribution in [2.75, 3.05) is 13.2 Å². The van der Waals surface area contributed by atoms with Gasteiger partial charge in [0.05, 0.1) is 6.61 Å². The lowest BCUT2D eigenvalue weighted by molar-refractivity contribution is -0.149. The van der Waals surface area contributed by atoms with E-state index in [2.05, 4.69) is 13.8 Å². The Labute approximate surface area is 92.8 Å². The summed E-state index contributed by atoms with van der Waals surface area (Å²) in [5.74, 6) is 0.144. The number of carbonyl (C=O) groups excluding carboxylic acids is 1. The predicted molar refractivity (Wildman–Crippen MR) is 60.5 cm³/mol. The Morgan fingerprint density at radius 2 is 2.13 bits per heavy atom. The molecule has 0 aromatic heterocycles. The summed E-state index contributed by atoms with van der Waals surface area (Å²) in [5, 5.41) is 0. The lowest BCUT2D eigenvalue weighted by Crippen LogP contribution is -2.47. The molecule has 3 nitrogen and oxygen atoms in total.